The Balaban J connectivity index is 1.61. The highest BCUT2D eigenvalue weighted by molar-refractivity contribution is 7.89. The highest BCUT2D eigenvalue weighted by Gasteiger charge is 2.30. The largest absolute Gasteiger partial charge is 0.474 e. The van der Waals surface area contributed by atoms with Crippen molar-refractivity contribution in [2.75, 3.05) is 0 Å². The van der Waals surface area contributed by atoms with Gasteiger partial charge in [0.1, 0.15) is 17.1 Å². The molecule has 0 aromatic carbocycles. The van der Waals surface area contributed by atoms with Crippen molar-refractivity contribution < 1.29 is 13.2 Å². The Morgan fingerprint density at radius 2 is 1.93 bits per heavy atom. The molecular formula is C20H27N5O3S. The third-order valence-electron chi connectivity index (χ3n) is 5.17. The molecule has 1 fully saturated rings. The number of nitrogens with zero attached hydrogens (tertiary/aromatic N) is 4. The number of aryl methyl sites for hydroxylation is 1. The summed E-state index contributed by atoms with van der Waals surface area (Å²) < 4.78 is 36.4. The van der Waals surface area contributed by atoms with Crippen LogP contribution in [0, 0.1) is 25.2 Å². The van der Waals surface area contributed by atoms with Crippen LogP contribution in [0.3, 0.4) is 0 Å². The maximum atomic E-state index is 13.0. The average molecular weight is 418 g/mol. The van der Waals surface area contributed by atoms with E-state index in [1.807, 2.05) is 19.9 Å². The van der Waals surface area contributed by atoms with E-state index in [-0.39, 0.29) is 23.1 Å². The zero-order chi connectivity index (χ0) is 21.2. The summed E-state index contributed by atoms with van der Waals surface area (Å²) in [5, 5.41) is 13.2. The number of nitrogens with one attached hydrogen (secondary N) is 1. The molecule has 1 aliphatic carbocycles. The van der Waals surface area contributed by atoms with Crippen molar-refractivity contribution in [3.05, 3.63) is 35.3 Å². The summed E-state index contributed by atoms with van der Waals surface area (Å²) in [7, 11) is -3.64. The van der Waals surface area contributed by atoms with Crippen LogP contribution >= 0.6 is 0 Å². The summed E-state index contributed by atoms with van der Waals surface area (Å²) in [4.78, 5) is 4.42. The number of ether oxygens (including phenoxy) is 1. The van der Waals surface area contributed by atoms with Gasteiger partial charge in [-0.3, -0.25) is 4.68 Å². The molecule has 0 atom stereocenters. The summed E-state index contributed by atoms with van der Waals surface area (Å²) in [6, 6.07) is 5.35. The summed E-state index contributed by atoms with van der Waals surface area (Å²) in [5.41, 5.74) is 1.67. The molecule has 8 nitrogen and oxygen atoms in total. The van der Waals surface area contributed by atoms with Crippen LogP contribution in [-0.4, -0.2) is 35.3 Å². The van der Waals surface area contributed by atoms with Crippen molar-refractivity contribution in [2.45, 2.75) is 76.5 Å². The lowest BCUT2D eigenvalue weighted by Crippen LogP contribution is -2.40. The summed E-state index contributed by atoms with van der Waals surface area (Å²) >= 11 is 0. The molecule has 0 amide bonds. The molecule has 2 heterocycles. The van der Waals surface area contributed by atoms with Crippen LogP contribution < -0.4 is 9.46 Å². The van der Waals surface area contributed by atoms with Crippen LogP contribution in [0.4, 0.5) is 0 Å². The van der Waals surface area contributed by atoms with E-state index in [9.17, 15) is 8.42 Å². The maximum Gasteiger partial charge on any atom is 0.244 e. The number of pyridine rings is 1. The summed E-state index contributed by atoms with van der Waals surface area (Å²) in [5.74, 6) is 0.486. The van der Waals surface area contributed by atoms with Crippen molar-refractivity contribution in [3.8, 4) is 11.9 Å². The lowest BCUT2D eigenvalue weighted by Gasteiger charge is -2.29. The molecule has 9 heteroatoms. The fourth-order valence-corrected chi connectivity index (χ4v) is 5.51. The quantitative estimate of drug-likeness (QED) is 0.774. The molecule has 0 bridgehead atoms. The topological polar surface area (TPSA) is 110 Å². The number of hydrogen-bond acceptors (Lipinski definition) is 6. The first kappa shape index (κ1) is 21.3. The van der Waals surface area contributed by atoms with E-state index in [1.165, 1.54) is 6.20 Å². The third-order valence-corrected chi connectivity index (χ3v) is 6.94. The lowest BCUT2D eigenvalue weighted by molar-refractivity contribution is 0.138. The minimum atomic E-state index is -3.64. The Bertz CT molecular complexity index is 998. The van der Waals surface area contributed by atoms with Gasteiger partial charge < -0.3 is 4.74 Å². The first-order valence-corrected chi connectivity index (χ1v) is 11.3. The first-order chi connectivity index (χ1) is 13.7. The molecule has 0 aliphatic heterocycles. The maximum absolute atomic E-state index is 13.0. The SMILES string of the molecule is Cc1nn(C(C)C)c(C)c1S(=O)(=O)NC1CCC(Oc2ccc(C#N)cn2)CC1. The molecule has 156 valence electrons. The highest BCUT2D eigenvalue weighted by Crippen LogP contribution is 2.26. The molecule has 3 rings (SSSR count). The summed E-state index contributed by atoms with van der Waals surface area (Å²) in [6.07, 6.45) is 4.32. The molecule has 2 aromatic rings. The Hall–Kier alpha value is -2.44. The number of aromatic nitrogens is 3. The van der Waals surface area contributed by atoms with Crippen LogP contribution in [0.25, 0.3) is 0 Å². The van der Waals surface area contributed by atoms with Gasteiger partial charge in [-0.2, -0.15) is 10.4 Å². The van der Waals surface area contributed by atoms with Gasteiger partial charge in [0.2, 0.25) is 15.9 Å². The Morgan fingerprint density at radius 3 is 2.45 bits per heavy atom. The zero-order valence-corrected chi connectivity index (χ0v) is 18.0. The van der Waals surface area contributed by atoms with Crippen LogP contribution in [-0.2, 0) is 10.0 Å². The number of sulfonamides is 1. The molecule has 0 unspecified atom stereocenters. The van der Waals surface area contributed by atoms with E-state index < -0.39 is 10.0 Å². The van der Waals surface area contributed by atoms with Gasteiger partial charge in [-0.1, -0.05) is 0 Å². The van der Waals surface area contributed by atoms with Gasteiger partial charge in [0.05, 0.1) is 17.0 Å². The van der Waals surface area contributed by atoms with Crippen molar-refractivity contribution in [1.29, 1.82) is 5.26 Å². The first-order valence-electron chi connectivity index (χ1n) is 9.82. The molecule has 29 heavy (non-hydrogen) atoms. The van der Waals surface area contributed by atoms with Crippen LogP contribution in [0.2, 0.25) is 0 Å². The number of nitriles is 1. The second-order valence-electron chi connectivity index (χ2n) is 7.75. The second kappa shape index (κ2) is 8.51. The molecule has 0 saturated heterocycles. The van der Waals surface area contributed by atoms with Gasteiger partial charge in [0.25, 0.3) is 0 Å². The van der Waals surface area contributed by atoms with E-state index >= 15 is 0 Å². The molecule has 1 N–H and O–H groups in total. The zero-order valence-electron chi connectivity index (χ0n) is 17.2. The lowest BCUT2D eigenvalue weighted by atomic mass is 9.94. The Labute approximate surface area is 172 Å². The highest BCUT2D eigenvalue weighted by atomic mass is 32.2. The van der Waals surface area contributed by atoms with Gasteiger partial charge in [0.15, 0.2) is 0 Å². The Kier molecular flexibility index (Phi) is 6.24. The summed E-state index contributed by atoms with van der Waals surface area (Å²) in [6.45, 7) is 7.49. The predicted molar refractivity (Wildman–Crippen MR) is 108 cm³/mol. The van der Waals surface area contributed by atoms with Crippen LogP contribution in [0.1, 0.15) is 62.5 Å². The fraction of sp³-hybridized carbons (Fsp3) is 0.550. The molecule has 2 aromatic heterocycles. The second-order valence-corrected chi connectivity index (χ2v) is 9.40. The predicted octanol–water partition coefficient (Wildman–Crippen LogP) is 3.02. The van der Waals surface area contributed by atoms with Crippen molar-refractivity contribution in [1.82, 2.24) is 19.5 Å². The fourth-order valence-electron chi connectivity index (χ4n) is 3.80. The smallest absolute Gasteiger partial charge is 0.244 e. The van der Waals surface area contributed by atoms with Crippen molar-refractivity contribution >= 4 is 10.0 Å². The van der Waals surface area contributed by atoms with E-state index in [1.54, 1.807) is 30.7 Å². The van der Waals surface area contributed by atoms with Crippen LogP contribution in [0.5, 0.6) is 5.88 Å². The third kappa shape index (κ3) is 4.77. The van der Waals surface area contributed by atoms with Crippen molar-refractivity contribution in [2.24, 2.45) is 0 Å². The van der Waals surface area contributed by atoms with Gasteiger partial charge in [-0.05, 0) is 59.4 Å². The number of hydrogen-bond donors (Lipinski definition) is 1. The minimum Gasteiger partial charge on any atom is -0.474 e. The van der Waals surface area contributed by atoms with E-state index in [0.717, 1.165) is 12.8 Å². The van der Waals surface area contributed by atoms with Crippen molar-refractivity contribution in [3.63, 3.8) is 0 Å². The molecule has 1 saturated carbocycles. The molecule has 1 aliphatic rings. The van der Waals surface area contributed by atoms with Gasteiger partial charge >= 0.3 is 0 Å². The number of rotatable bonds is 6. The van der Waals surface area contributed by atoms with Crippen LogP contribution in [0.15, 0.2) is 23.2 Å². The minimum absolute atomic E-state index is 0.0108. The molecular weight excluding hydrogens is 390 g/mol. The van der Waals surface area contributed by atoms with Gasteiger partial charge in [-0.25, -0.2) is 18.1 Å². The van der Waals surface area contributed by atoms with E-state index in [2.05, 4.69) is 14.8 Å². The normalized spacial score (nSPS) is 19.9. The van der Waals surface area contributed by atoms with E-state index in [0.29, 0.717) is 35.7 Å². The van der Waals surface area contributed by atoms with Gasteiger partial charge in [0, 0.05) is 24.3 Å². The van der Waals surface area contributed by atoms with Gasteiger partial charge in [-0.15, -0.1) is 0 Å². The standard InChI is InChI=1S/C20H27N5O3S/c1-13(2)25-15(4)20(14(3)23-25)29(26,27)24-17-6-8-18(9-7-17)28-19-10-5-16(11-21)12-22-19/h5,10,12-13,17-18,24H,6-9H2,1-4H3. The molecule has 0 spiro atoms. The monoisotopic (exact) mass is 417 g/mol. The van der Waals surface area contributed by atoms with E-state index in [4.69, 9.17) is 10.00 Å². The average Bonchev–Trinajstić information content (AvgIpc) is 2.99. The molecule has 0 radical (unpaired) electrons. The Morgan fingerprint density at radius 1 is 1.24 bits per heavy atom.